The van der Waals surface area contributed by atoms with Gasteiger partial charge in [-0.1, -0.05) is 16.8 Å². The first-order valence-electron chi connectivity index (χ1n) is 4.74. The van der Waals surface area contributed by atoms with Gasteiger partial charge in [-0.15, -0.1) is 0 Å². The smallest absolute Gasteiger partial charge is 0.149 e. The van der Waals surface area contributed by atoms with Gasteiger partial charge in [-0.05, 0) is 42.8 Å². The number of nitrogens with zero attached hydrogens (tertiary/aromatic N) is 1. The van der Waals surface area contributed by atoms with Crippen molar-refractivity contribution < 1.29 is 9.62 Å². The van der Waals surface area contributed by atoms with Crippen molar-refractivity contribution in [3.8, 4) is 11.3 Å². The Kier molecular flexibility index (Phi) is 2.97. The fourth-order valence-corrected chi connectivity index (χ4v) is 1.75. The second-order valence-electron chi connectivity index (χ2n) is 3.41. The fraction of sp³-hybridized carbons (Fsp3) is 0.0833. The van der Waals surface area contributed by atoms with Crippen molar-refractivity contribution in [3.63, 3.8) is 0 Å². The summed E-state index contributed by atoms with van der Waals surface area (Å²) in [6, 6.07) is 9.15. The minimum absolute atomic E-state index is 0.506. The number of halogens is 1. The molecule has 0 spiro atoms. The third-order valence-electron chi connectivity index (χ3n) is 2.27. The molecule has 0 bridgehead atoms. The van der Waals surface area contributed by atoms with E-state index in [0.29, 0.717) is 10.8 Å². The highest BCUT2D eigenvalue weighted by molar-refractivity contribution is 6.30. The molecule has 0 atom stereocenters. The molecule has 82 valence electrons. The highest BCUT2D eigenvalue weighted by Crippen LogP contribution is 2.27. The lowest BCUT2D eigenvalue weighted by atomic mass is 10.1. The number of hydrogen-bond acceptors (Lipinski definition) is 3. The summed E-state index contributed by atoms with van der Waals surface area (Å²) in [4.78, 5) is 0. The van der Waals surface area contributed by atoms with E-state index in [1.165, 1.54) is 6.21 Å². The van der Waals surface area contributed by atoms with Gasteiger partial charge in [-0.25, -0.2) is 0 Å². The van der Waals surface area contributed by atoms with Gasteiger partial charge < -0.3 is 9.62 Å². The Morgan fingerprint density at radius 1 is 1.31 bits per heavy atom. The summed E-state index contributed by atoms with van der Waals surface area (Å²) >= 11 is 5.87. The van der Waals surface area contributed by atoms with Crippen LogP contribution < -0.4 is 0 Å². The van der Waals surface area contributed by atoms with Gasteiger partial charge >= 0.3 is 0 Å². The molecule has 16 heavy (non-hydrogen) atoms. The van der Waals surface area contributed by atoms with Crippen LogP contribution in [0.5, 0.6) is 0 Å². The van der Waals surface area contributed by atoms with E-state index in [1.807, 2.05) is 31.2 Å². The van der Waals surface area contributed by atoms with Crippen LogP contribution in [0.2, 0.25) is 5.02 Å². The minimum Gasteiger partial charge on any atom is -0.455 e. The zero-order chi connectivity index (χ0) is 11.5. The van der Waals surface area contributed by atoms with Gasteiger partial charge in [0, 0.05) is 10.6 Å². The minimum atomic E-state index is 0.506. The molecule has 0 saturated heterocycles. The monoisotopic (exact) mass is 235 g/mol. The zero-order valence-corrected chi connectivity index (χ0v) is 9.40. The molecular weight excluding hydrogens is 226 g/mol. The van der Waals surface area contributed by atoms with Crippen LogP contribution in [-0.4, -0.2) is 11.4 Å². The number of hydrogen-bond donors (Lipinski definition) is 1. The van der Waals surface area contributed by atoms with Crippen LogP contribution in [0.1, 0.15) is 11.3 Å². The van der Waals surface area contributed by atoms with Crippen LogP contribution in [0, 0.1) is 6.92 Å². The van der Waals surface area contributed by atoms with E-state index in [-0.39, 0.29) is 0 Å². The molecule has 0 radical (unpaired) electrons. The summed E-state index contributed by atoms with van der Waals surface area (Å²) in [5.74, 6) is 1.23. The topological polar surface area (TPSA) is 45.7 Å². The van der Waals surface area contributed by atoms with Gasteiger partial charge in [0.05, 0.1) is 0 Å². The van der Waals surface area contributed by atoms with Crippen molar-refractivity contribution in [1.29, 1.82) is 0 Å². The molecule has 1 aromatic carbocycles. The van der Waals surface area contributed by atoms with E-state index in [4.69, 9.17) is 21.2 Å². The van der Waals surface area contributed by atoms with Gasteiger partial charge in [0.1, 0.15) is 17.7 Å². The summed E-state index contributed by atoms with van der Waals surface area (Å²) < 4.78 is 5.48. The Bertz CT molecular complexity index is 532. The third kappa shape index (κ3) is 2.09. The van der Waals surface area contributed by atoms with Gasteiger partial charge in [-0.2, -0.15) is 0 Å². The van der Waals surface area contributed by atoms with Crippen LogP contribution in [0.25, 0.3) is 11.3 Å². The van der Waals surface area contributed by atoms with E-state index in [1.54, 1.807) is 6.07 Å². The number of rotatable bonds is 2. The van der Waals surface area contributed by atoms with Gasteiger partial charge in [-0.3, -0.25) is 0 Å². The Hall–Kier alpha value is -1.74. The largest absolute Gasteiger partial charge is 0.455 e. The molecule has 0 aliphatic rings. The molecule has 0 amide bonds. The number of benzene rings is 1. The first kappa shape index (κ1) is 10.8. The molecule has 2 rings (SSSR count). The number of aryl methyl sites for hydroxylation is 1. The van der Waals surface area contributed by atoms with Gasteiger partial charge in [0.25, 0.3) is 0 Å². The molecular formula is C12H10ClNO2. The molecule has 0 saturated carbocycles. The highest BCUT2D eigenvalue weighted by Gasteiger charge is 2.06. The van der Waals surface area contributed by atoms with Crippen LogP contribution in [0.15, 0.2) is 39.9 Å². The maximum atomic E-state index is 8.38. The van der Waals surface area contributed by atoms with E-state index >= 15 is 0 Å². The first-order valence-corrected chi connectivity index (χ1v) is 5.12. The fourth-order valence-electron chi connectivity index (χ4n) is 1.53. The molecule has 1 aromatic heterocycles. The van der Waals surface area contributed by atoms with E-state index in [2.05, 4.69) is 5.16 Å². The van der Waals surface area contributed by atoms with E-state index < -0.39 is 0 Å². The Morgan fingerprint density at radius 2 is 2.12 bits per heavy atom. The van der Waals surface area contributed by atoms with Crippen molar-refractivity contribution >= 4 is 17.8 Å². The number of oxime groups is 1. The van der Waals surface area contributed by atoms with E-state index in [0.717, 1.165) is 16.9 Å². The maximum absolute atomic E-state index is 8.38. The van der Waals surface area contributed by atoms with Crippen molar-refractivity contribution in [2.24, 2.45) is 5.16 Å². The average molecular weight is 236 g/mol. The maximum Gasteiger partial charge on any atom is 0.149 e. The Labute approximate surface area is 98.0 Å². The summed E-state index contributed by atoms with van der Waals surface area (Å²) in [5, 5.41) is 12.0. The van der Waals surface area contributed by atoms with Crippen LogP contribution >= 0.6 is 11.6 Å². The van der Waals surface area contributed by atoms with Crippen molar-refractivity contribution in [3.05, 3.63) is 46.7 Å². The van der Waals surface area contributed by atoms with Crippen LogP contribution in [-0.2, 0) is 0 Å². The standard InChI is InChI=1S/C12H10ClNO2/c1-8-6-9(13)2-4-11(8)12-5-3-10(16-12)7-14-15/h2-7,15H,1H3/b14-7-. The van der Waals surface area contributed by atoms with Crippen molar-refractivity contribution in [1.82, 2.24) is 0 Å². The molecule has 0 aliphatic carbocycles. The summed E-state index contributed by atoms with van der Waals surface area (Å²) in [6.07, 6.45) is 1.24. The van der Waals surface area contributed by atoms with Crippen molar-refractivity contribution in [2.45, 2.75) is 6.92 Å². The molecule has 0 aliphatic heterocycles. The van der Waals surface area contributed by atoms with Gasteiger partial charge in [0.15, 0.2) is 0 Å². The molecule has 1 heterocycles. The normalized spacial score (nSPS) is 11.1. The molecule has 2 aromatic rings. The van der Waals surface area contributed by atoms with Crippen LogP contribution in [0.4, 0.5) is 0 Å². The lowest BCUT2D eigenvalue weighted by molar-refractivity contribution is 0.321. The van der Waals surface area contributed by atoms with Crippen molar-refractivity contribution in [2.75, 3.05) is 0 Å². The number of furan rings is 1. The summed E-state index contributed by atoms with van der Waals surface area (Å²) in [6.45, 7) is 1.96. The predicted molar refractivity (Wildman–Crippen MR) is 63.3 cm³/mol. The molecule has 0 fully saturated rings. The molecule has 1 N–H and O–H groups in total. The predicted octanol–water partition coefficient (Wildman–Crippen LogP) is 3.72. The molecule has 0 unspecified atom stereocenters. The summed E-state index contributed by atoms with van der Waals surface area (Å²) in [7, 11) is 0. The second kappa shape index (κ2) is 4.41. The van der Waals surface area contributed by atoms with Crippen LogP contribution in [0.3, 0.4) is 0 Å². The first-order chi connectivity index (χ1) is 7.70. The lowest BCUT2D eigenvalue weighted by Crippen LogP contribution is -1.80. The van der Waals surface area contributed by atoms with Gasteiger partial charge in [0.2, 0.25) is 0 Å². The Morgan fingerprint density at radius 3 is 2.81 bits per heavy atom. The second-order valence-corrected chi connectivity index (χ2v) is 3.84. The Balaban J connectivity index is 2.42. The zero-order valence-electron chi connectivity index (χ0n) is 8.64. The SMILES string of the molecule is Cc1cc(Cl)ccc1-c1ccc(/C=N\O)o1. The quantitative estimate of drug-likeness (QED) is 0.490. The summed E-state index contributed by atoms with van der Waals surface area (Å²) in [5.41, 5.74) is 2.01. The highest BCUT2D eigenvalue weighted by atomic mass is 35.5. The lowest BCUT2D eigenvalue weighted by Gasteiger charge is -2.02. The molecule has 4 heteroatoms. The molecule has 3 nitrogen and oxygen atoms in total. The van der Waals surface area contributed by atoms with E-state index in [9.17, 15) is 0 Å². The average Bonchev–Trinajstić information content (AvgIpc) is 2.67. The third-order valence-corrected chi connectivity index (χ3v) is 2.50.